The summed E-state index contributed by atoms with van der Waals surface area (Å²) in [6.07, 6.45) is 9.28. The van der Waals surface area contributed by atoms with Gasteiger partial charge in [0.25, 0.3) is 0 Å². The topological polar surface area (TPSA) is 17.0 Å². The van der Waals surface area contributed by atoms with Crippen LogP contribution in [0.5, 0.6) is 0 Å². The molecule has 2 nitrogen and oxygen atoms in total. The Balaban J connectivity index is 1.58. The van der Waals surface area contributed by atoms with E-state index in [1.54, 1.807) is 11.3 Å². The van der Waals surface area contributed by atoms with Crippen LogP contribution in [-0.4, -0.2) is 17.7 Å². The number of hydrogen-bond donors (Lipinski definition) is 1. The fourth-order valence-corrected chi connectivity index (χ4v) is 7.02. The van der Waals surface area contributed by atoms with E-state index in [-0.39, 0.29) is 0 Å². The van der Waals surface area contributed by atoms with E-state index in [9.17, 15) is 0 Å². The monoisotopic (exact) mass is 398 g/mol. The molecular formula is C28H34N2. The normalized spacial score (nSPS) is 28.8. The molecule has 3 aromatic rings. The van der Waals surface area contributed by atoms with Crippen LogP contribution in [0.3, 0.4) is 0 Å². The fourth-order valence-electron chi connectivity index (χ4n) is 7.02. The van der Waals surface area contributed by atoms with Gasteiger partial charge in [-0.1, -0.05) is 56.2 Å². The minimum atomic E-state index is 0.672. The van der Waals surface area contributed by atoms with Gasteiger partial charge in [0.15, 0.2) is 0 Å². The smallest absolute Gasteiger partial charge is 0.0534 e. The van der Waals surface area contributed by atoms with Crippen molar-refractivity contribution in [3.05, 3.63) is 65.4 Å². The van der Waals surface area contributed by atoms with E-state index in [2.05, 4.69) is 65.3 Å². The zero-order valence-corrected chi connectivity index (χ0v) is 18.2. The number of rotatable bonds is 0. The molecule has 1 aromatic heterocycles. The molecule has 4 atom stereocenters. The second-order valence-corrected chi connectivity index (χ2v) is 10.1. The zero-order valence-electron chi connectivity index (χ0n) is 18.2. The Bertz CT molecular complexity index is 1060. The highest BCUT2D eigenvalue weighted by molar-refractivity contribution is 5.88. The molecule has 1 N–H and O–H groups in total. The quantitative estimate of drug-likeness (QED) is 0.474. The molecule has 0 saturated heterocycles. The highest BCUT2D eigenvalue weighted by Crippen LogP contribution is 2.46. The van der Waals surface area contributed by atoms with Gasteiger partial charge in [-0.25, -0.2) is 0 Å². The predicted molar refractivity (Wildman–Crippen MR) is 126 cm³/mol. The lowest BCUT2D eigenvalue weighted by Gasteiger charge is -2.39. The summed E-state index contributed by atoms with van der Waals surface area (Å²) in [7, 11) is 0. The van der Waals surface area contributed by atoms with Crippen LogP contribution in [-0.2, 0) is 12.8 Å². The van der Waals surface area contributed by atoms with Gasteiger partial charge < -0.3 is 9.88 Å². The predicted octanol–water partition coefficient (Wildman–Crippen LogP) is 6.25. The zero-order chi connectivity index (χ0) is 20.1. The molecule has 30 heavy (non-hydrogen) atoms. The first-order chi connectivity index (χ1) is 14.8. The van der Waals surface area contributed by atoms with Gasteiger partial charge in [-0.2, -0.15) is 0 Å². The third-order valence-corrected chi connectivity index (χ3v) is 8.49. The molecule has 1 fully saturated rings. The minimum Gasteiger partial charge on any atom is -0.316 e. The number of fused-ring (bicyclic) bond motifs is 6. The van der Waals surface area contributed by atoms with Gasteiger partial charge in [-0.3, -0.25) is 0 Å². The second-order valence-electron chi connectivity index (χ2n) is 10.1. The Labute approximate surface area is 180 Å². The van der Waals surface area contributed by atoms with Crippen molar-refractivity contribution in [3.8, 4) is 5.69 Å². The van der Waals surface area contributed by atoms with Crippen molar-refractivity contribution < 1.29 is 0 Å². The Morgan fingerprint density at radius 3 is 2.77 bits per heavy atom. The summed E-state index contributed by atoms with van der Waals surface area (Å²) in [5.41, 5.74) is 7.61. The molecule has 1 unspecified atom stereocenters. The van der Waals surface area contributed by atoms with E-state index < -0.39 is 0 Å². The maximum absolute atomic E-state index is 3.87. The summed E-state index contributed by atoms with van der Waals surface area (Å²) in [4.78, 5) is 0. The highest BCUT2D eigenvalue weighted by Gasteiger charge is 2.36. The van der Waals surface area contributed by atoms with Gasteiger partial charge in [0.2, 0.25) is 0 Å². The number of aryl methyl sites for hydroxylation is 1. The Morgan fingerprint density at radius 1 is 0.933 bits per heavy atom. The Hall–Kier alpha value is -2.06. The first-order valence-electron chi connectivity index (χ1n) is 12.2. The number of benzene rings is 2. The van der Waals surface area contributed by atoms with Crippen LogP contribution < -0.4 is 5.32 Å². The van der Waals surface area contributed by atoms with Gasteiger partial charge in [0.05, 0.1) is 5.52 Å². The molecular weight excluding hydrogens is 364 g/mol. The highest BCUT2D eigenvalue weighted by atomic mass is 15.0. The maximum atomic E-state index is 3.87. The van der Waals surface area contributed by atoms with Gasteiger partial charge in [0, 0.05) is 22.7 Å². The molecule has 0 radical (unpaired) electrons. The van der Waals surface area contributed by atoms with Crippen LogP contribution in [0.25, 0.3) is 16.6 Å². The van der Waals surface area contributed by atoms with E-state index in [4.69, 9.17) is 0 Å². The number of nitrogens with one attached hydrogen (secondary N) is 1. The summed E-state index contributed by atoms with van der Waals surface area (Å²) >= 11 is 0. The molecule has 3 aliphatic rings. The lowest BCUT2D eigenvalue weighted by atomic mass is 9.68. The first-order valence-corrected chi connectivity index (χ1v) is 12.2. The maximum Gasteiger partial charge on any atom is 0.0534 e. The van der Waals surface area contributed by atoms with E-state index in [0.29, 0.717) is 5.92 Å². The number of para-hydroxylation sites is 2. The Kier molecular flexibility index (Phi) is 4.71. The average Bonchev–Trinajstić information content (AvgIpc) is 3.00. The molecule has 0 spiro atoms. The summed E-state index contributed by atoms with van der Waals surface area (Å²) in [6.45, 7) is 4.85. The average molecular weight is 399 g/mol. The lowest BCUT2D eigenvalue weighted by molar-refractivity contribution is 0.140. The molecule has 2 aliphatic heterocycles. The fraction of sp³-hybridized carbons (Fsp3) is 0.500. The molecule has 0 bridgehead atoms. The van der Waals surface area contributed by atoms with Gasteiger partial charge in [-0.05, 0) is 86.2 Å². The van der Waals surface area contributed by atoms with Crippen molar-refractivity contribution in [2.24, 2.45) is 17.8 Å². The molecule has 3 heterocycles. The lowest BCUT2D eigenvalue weighted by Crippen LogP contribution is -2.37. The number of aromatic nitrogens is 1. The van der Waals surface area contributed by atoms with Crippen molar-refractivity contribution in [1.29, 1.82) is 0 Å². The standard InChI is InChI=1S/C28H34N2/c1-19-7-6-9-22-18-29-16-15-24-23-10-3-5-12-27(23)30-26-11-4-2-8-20(26)13-14-21(28(24)30)17-25(19)22/h2-5,8,10-12,19,21-22,25,29H,6-7,9,13-18H2,1H3/t19-,21?,22-,25+/m0/s1. The van der Waals surface area contributed by atoms with Crippen molar-refractivity contribution >= 4 is 10.9 Å². The third kappa shape index (κ3) is 2.95. The van der Waals surface area contributed by atoms with Crippen LogP contribution >= 0.6 is 0 Å². The van der Waals surface area contributed by atoms with Crippen molar-refractivity contribution in [1.82, 2.24) is 9.88 Å². The van der Waals surface area contributed by atoms with E-state index in [1.807, 2.05) is 0 Å². The Morgan fingerprint density at radius 2 is 1.80 bits per heavy atom. The van der Waals surface area contributed by atoms with Crippen molar-refractivity contribution in [2.45, 2.75) is 57.8 Å². The summed E-state index contributed by atoms with van der Waals surface area (Å²) in [5, 5.41) is 5.34. The largest absolute Gasteiger partial charge is 0.316 e. The van der Waals surface area contributed by atoms with Crippen LogP contribution in [0.1, 0.15) is 61.8 Å². The first kappa shape index (κ1) is 18.7. The third-order valence-electron chi connectivity index (χ3n) is 8.49. The summed E-state index contributed by atoms with van der Waals surface area (Å²) in [5.74, 6) is 3.25. The van der Waals surface area contributed by atoms with E-state index >= 15 is 0 Å². The van der Waals surface area contributed by atoms with Crippen molar-refractivity contribution in [2.75, 3.05) is 13.1 Å². The van der Waals surface area contributed by atoms with Gasteiger partial charge in [-0.15, -0.1) is 0 Å². The van der Waals surface area contributed by atoms with Crippen LogP contribution in [0, 0.1) is 17.8 Å². The molecule has 0 amide bonds. The van der Waals surface area contributed by atoms with E-state index in [0.717, 1.165) is 30.7 Å². The minimum absolute atomic E-state index is 0.672. The van der Waals surface area contributed by atoms with Crippen LogP contribution in [0.2, 0.25) is 0 Å². The summed E-state index contributed by atoms with van der Waals surface area (Å²) < 4.78 is 2.67. The van der Waals surface area contributed by atoms with Crippen LogP contribution in [0.15, 0.2) is 48.5 Å². The van der Waals surface area contributed by atoms with Gasteiger partial charge in [0.1, 0.15) is 0 Å². The van der Waals surface area contributed by atoms with E-state index in [1.165, 1.54) is 67.2 Å². The van der Waals surface area contributed by atoms with Crippen LogP contribution in [0.4, 0.5) is 0 Å². The van der Waals surface area contributed by atoms with Crippen molar-refractivity contribution in [3.63, 3.8) is 0 Å². The molecule has 2 heteroatoms. The molecule has 1 saturated carbocycles. The molecule has 2 aromatic carbocycles. The molecule has 6 rings (SSSR count). The van der Waals surface area contributed by atoms with Gasteiger partial charge >= 0.3 is 0 Å². The second kappa shape index (κ2) is 7.57. The molecule has 156 valence electrons. The number of hydrogen-bond acceptors (Lipinski definition) is 1. The number of nitrogens with zero attached hydrogens (tertiary/aromatic N) is 1. The SMILES string of the molecule is C[C@H]1CCC[C@H]2CNCCc3c4n(c5ccccc35)-c3ccccc3CCC4C[C@@H]21. The summed E-state index contributed by atoms with van der Waals surface area (Å²) in [6, 6.07) is 18.3. The molecule has 1 aliphatic carbocycles.